The second-order valence-electron chi connectivity index (χ2n) is 9.24. The lowest BCUT2D eigenvalue weighted by Gasteiger charge is -2.27. The van der Waals surface area contributed by atoms with Crippen molar-refractivity contribution >= 4 is 18.0 Å². The Morgan fingerprint density at radius 2 is 1.65 bits per heavy atom. The zero-order chi connectivity index (χ0) is 24.2. The second kappa shape index (κ2) is 10.1. The van der Waals surface area contributed by atoms with Gasteiger partial charge in [0, 0.05) is 12.0 Å². The van der Waals surface area contributed by atoms with Gasteiger partial charge in [0.2, 0.25) is 5.91 Å². The Balaban J connectivity index is 1.37. The van der Waals surface area contributed by atoms with E-state index in [0.29, 0.717) is 12.8 Å². The van der Waals surface area contributed by atoms with E-state index in [2.05, 4.69) is 22.8 Å². The minimum atomic E-state index is -0.874. The molecule has 0 heterocycles. The summed E-state index contributed by atoms with van der Waals surface area (Å²) in [6.07, 6.45) is 3.71. The minimum Gasteiger partial charge on any atom is -0.481 e. The van der Waals surface area contributed by atoms with Crippen LogP contribution in [0.5, 0.6) is 0 Å². The molecule has 2 aliphatic carbocycles. The van der Waals surface area contributed by atoms with Crippen molar-refractivity contribution in [3.8, 4) is 11.1 Å². The summed E-state index contributed by atoms with van der Waals surface area (Å²) in [5.74, 6) is -2.00. The van der Waals surface area contributed by atoms with E-state index < -0.39 is 24.0 Å². The molecule has 0 saturated heterocycles. The SMILES string of the molecule is CC(C)C(NC(=O)OCC1c2ccccc2-c2ccccc21)C(=O)N[C@H]1C=CC[C@H](C(=O)O)C1. The van der Waals surface area contributed by atoms with E-state index >= 15 is 0 Å². The molecule has 3 N–H and O–H groups in total. The fourth-order valence-electron chi connectivity index (χ4n) is 4.77. The maximum Gasteiger partial charge on any atom is 0.407 e. The Morgan fingerprint density at radius 3 is 2.24 bits per heavy atom. The van der Waals surface area contributed by atoms with Crippen molar-refractivity contribution in [2.75, 3.05) is 6.61 Å². The average molecular weight is 463 g/mol. The molecule has 34 heavy (non-hydrogen) atoms. The van der Waals surface area contributed by atoms with Crippen molar-refractivity contribution < 1.29 is 24.2 Å². The lowest BCUT2D eigenvalue weighted by molar-refractivity contribution is -0.142. The second-order valence-corrected chi connectivity index (χ2v) is 9.24. The molecule has 7 nitrogen and oxygen atoms in total. The molecule has 0 saturated carbocycles. The van der Waals surface area contributed by atoms with Crippen molar-refractivity contribution in [2.45, 2.75) is 44.7 Å². The summed E-state index contributed by atoms with van der Waals surface area (Å²) in [4.78, 5) is 36.8. The van der Waals surface area contributed by atoms with Gasteiger partial charge >= 0.3 is 12.1 Å². The molecule has 0 radical (unpaired) electrons. The number of fused-ring (bicyclic) bond motifs is 3. The van der Waals surface area contributed by atoms with Gasteiger partial charge in [-0.2, -0.15) is 0 Å². The van der Waals surface area contributed by atoms with Crippen molar-refractivity contribution in [3.05, 3.63) is 71.8 Å². The first-order valence-corrected chi connectivity index (χ1v) is 11.7. The average Bonchev–Trinajstić information content (AvgIpc) is 3.15. The fraction of sp³-hybridized carbons (Fsp3) is 0.370. The molecule has 4 rings (SSSR count). The van der Waals surface area contributed by atoms with Crippen LogP contribution in [0.1, 0.15) is 43.7 Å². The van der Waals surface area contributed by atoms with Crippen LogP contribution in [-0.4, -0.2) is 41.8 Å². The van der Waals surface area contributed by atoms with E-state index in [1.165, 1.54) is 0 Å². The van der Waals surface area contributed by atoms with E-state index in [1.807, 2.05) is 56.3 Å². The molecular formula is C27H30N2O5. The van der Waals surface area contributed by atoms with Crippen molar-refractivity contribution in [1.82, 2.24) is 10.6 Å². The molecule has 0 aliphatic heterocycles. The summed E-state index contributed by atoms with van der Waals surface area (Å²) in [6.45, 7) is 3.84. The van der Waals surface area contributed by atoms with Crippen molar-refractivity contribution in [3.63, 3.8) is 0 Å². The van der Waals surface area contributed by atoms with Crippen molar-refractivity contribution in [2.24, 2.45) is 11.8 Å². The highest BCUT2D eigenvalue weighted by atomic mass is 16.5. The minimum absolute atomic E-state index is 0.0650. The molecule has 7 heteroatoms. The van der Waals surface area contributed by atoms with Crippen LogP contribution >= 0.6 is 0 Å². The maximum atomic E-state index is 12.9. The summed E-state index contributed by atoms with van der Waals surface area (Å²) in [5.41, 5.74) is 4.52. The number of alkyl carbamates (subject to hydrolysis) is 1. The largest absolute Gasteiger partial charge is 0.481 e. The molecule has 0 fully saturated rings. The summed E-state index contributed by atoms with van der Waals surface area (Å²) >= 11 is 0. The number of carboxylic acid groups (broad SMARTS) is 1. The zero-order valence-corrected chi connectivity index (χ0v) is 19.4. The highest BCUT2D eigenvalue weighted by Crippen LogP contribution is 2.44. The Hall–Kier alpha value is -3.61. The van der Waals surface area contributed by atoms with Crippen LogP contribution in [0.2, 0.25) is 0 Å². The number of allylic oxidation sites excluding steroid dienone is 1. The molecule has 2 aromatic carbocycles. The summed E-state index contributed by atoms with van der Waals surface area (Å²) in [5, 5.41) is 14.8. The number of nitrogens with one attached hydrogen (secondary N) is 2. The molecule has 0 aromatic heterocycles. The number of benzene rings is 2. The van der Waals surface area contributed by atoms with E-state index in [9.17, 15) is 19.5 Å². The van der Waals surface area contributed by atoms with Crippen LogP contribution in [0.15, 0.2) is 60.7 Å². The van der Waals surface area contributed by atoms with E-state index in [0.717, 1.165) is 22.3 Å². The van der Waals surface area contributed by atoms with Crippen LogP contribution in [0.4, 0.5) is 4.79 Å². The number of carbonyl (C=O) groups is 3. The van der Waals surface area contributed by atoms with Gasteiger partial charge in [-0.05, 0) is 41.0 Å². The van der Waals surface area contributed by atoms with Gasteiger partial charge in [0.25, 0.3) is 0 Å². The molecular weight excluding hydrogens is 432 g/mol. The van der Waals surface area contributed by atoms with Crippen LogP contribution in [0, 0.1) is 11.8 Å². The summed E-state index contributed by atoms with van der Waals surface area (Å²) < 4.78 is 5.59. The Bertz CT molecular complexity index is 1060. The number of amides is 2. The third-order valence-corrected chi connectivity index (χ3v) is 6.57. The predicted molar refractivity (Wildman–Crippen MR) is 128 cm³/mol. The van der Waals surface area contributed by atoms with Crippen LogP contribution < -0.4 is 10.6 Å². The maximum absolute atomic E-state index is 12.9. The van der Waals surface area contributed by atoms with E-state index in [1.54, 1.807) is 6.08 Å². The zero-order valence-electron chi connectivity index (χ0n) is 19.4. The normalized spacial score (nSPS) is 19.7. The first kappa shape index (κ1) is 23.5. The first-order chi connectivity index (χ1) is 16.3. The molecule has 3 atom stereocenters. The molecule has 2 aliphatic rings. The van der Waals surface area contributed by atoms with Crippen molar-refractivity contribution in [1.29, 1.82) is 0 Å². The molecule has 2 amide bonds. The van der Waals surface area contributed by atoms with Gasteiger partial charge in [0.05, 0.1) is 5.92 Å². The summed E-state index contributed by atoms with van der Waals surface area (Å²) in [6, 6.07) is 15.0. The monoisotopic (exact) mass is 462 g/mol. The van der Waals surface area contributed by atoms with Gasteiger partial charge in [-0.25, -0.2) is 4.79 Å². The van der Waals surface area contributed by atoms with Gasteiger partial charge in [-0.15, -0.1) is 0 Å². The lowest BCUT2D eigenvalue weighted by Crippen LogP contribution is -2.52. The molecule has 2 aromatic rings. The quantitative estimate of drug-likeness (QED) is 0.538. The third kappa shape index (κ3) is 4.98. The first-order valence-electron chi connectivity index (χ1n) is 11.7. The number of carboxylic acids is 1. The topological polar surface area (TPSA) is 105 Å². The highest BCUT2D eigenvalue weighted by molar-refractivity contribution is 5.86. The standard InChI is InChI=1S/C27H30N2O5/c1-16(2)24(25(30)28-18-9-7-8-17(14-18)26(31)32)29-27(33)34-15-23-21-12-5-3-10-19(21)20-11-4-6-13-22(20)23/h3-7,9-13,16-18,23-24H,8,14-15H2,1-2H3,(H,28,30)(H,29,33)(H,31,32)/t17-,18-,24?/m0/s1. The number of carbonyl (C=O) groups excluding carboxylic acids is 2. The molecule has 178 valence electrons. The smallest absolute Gasteiger partial charge is 0.407 e. The van der Waals surface area contributed by atoms with Gasteiger partial charge in [-0.1, -0.05) is 74.5 Å². The third-order valence-electron chi connectivity index (χ3n) is 6.57. The predicted octanol–water partition coefficient (Wildman–Crippen LogP) is 4.09. The van der Waals surface area contributed by atoms with E-state index in [-0.39, 0.29) is 30.4 Å². The summed E-state index contributed by atoms with van der Waals surface area (Å²) in [7, 11) is 0. The highest BCUT2D eigenvalue weighted by Gasteiger charge is 2.31. The molecule has 0 bridgehead atoms. The number of rotatable bonds is 7. The number of aliphatic carboxylic acids is 1. The van der Waals surface area contributed by atoms with Gasteiger partial charge in [0.1, 0.15) is 12.6 Å². The van der Waals surface area contributed by atoms with E-state index in [4.69, 9.17) is 4.74 Å². The Morgan fingerprint density at radius 1 is 1.03 bits per heavy atom. The van der Waals surface area contributed by atoms with Gasteiger partial charge in [-0.3, -0.25) is 9.59 Å². The fourth-order valence-corrected chi connectivity index (χ4v) is 4.77. The number of hydrogen-bond acceptors (Lipinski definition) is 4. The Kier molecular flexibility index (Phi) is 7.01. The van der Waals surface area contributed by atoms with Crippen LogP contribution in [-0.2, 0) is 14.3 Å². The number of hydrogen-bond donors (Lipinski definition) is 3. The molecule has 0 spiro atoms. The lowest BCUT2D eigenvalue weighted by atomic mass is 9.90. The van der Waals surface area contributed by atoms with Gasteiger partial charge < -0.3 is 20.5 Å². The number of ether oxygens (including phenoxy) is 1. The molecule has 1 unspecified atom stereocenters. The van der Waals surface area contributed by atoms with Crippen LogP contribution in [0.25, 0.3) is 11.1 Å². The van der Waals surface area contributed by atoms with Gasteiger partial charge in [0.15, 0.2) is 0 Å². The Labute approximate surface area is 199 Å². The van der Waals surface area contributed by atoms with Crippen LogP contribution in [0.3, 0.4) is 0 Å².